The largest absolute Gasteiger partial charge is 0.495 e. The van der Waals surface area contributed by atoms with Gasteiger partial charge < -0.3 is 15.4 Å². The maximum Gasteiger partial charge on any atom is 0.274 e. The highest BCUT2D eigenvalue weighted by atomic mass is 35.5. The number of amides is 1. The van der Waals surface area contributed by atoms with E-state index in [0.717, 1.165) is 5.56 Å². The van der Waals surface area contributed by atoms with E-state index in [2.05, 4.69) is 20.6 Å². The van der Waals surface area contributed by atoms with Crippen LogP contribution in [-0.4, -0.2) is 23.0 Å². The van der Waals surface area contributed by atoms with Crippen molar-refractivity contribution in [3.8, 4) is 5.75 Å². The van der Waals surface area contributed by atoms with Crippen LogP contribution in [0.1, 0.15) is 21.6 Å². The third-order valence-electron chi connectivity index (χ3n) is 3.87. The van der Waals surface area contributed by atoms with Crippen LogP contribution in [0, 0.1) is 6.92 Å². The lowest BCUT2D eigenvalue weighted by Gasteiger charge is -2.11. The van der Waals surface area contributed by atoms with Gasteiger partial charge in [0.25, 0.3) is 5.91 Å². The summed E-state index contributed by atoms with van der Waals surface area (Å²) < 4.78 is 5.24. The first-order valence-electron chi connectivity index (χ1n) is 8.32. The van der Waals surface area contributed by atoms with Gasteiger partial charge in [0.1, 0.15) is 11.4 Å². The first-order chi connectivity index (χ1) is 13.0. The van der Waals surface area contributed by atoms with Gasteiger partial charge in [-0.15, -0.1) is 0 Å². The number of aryl methyl sites for hydroxylation is 1. The van der Waals surface area contributed by atoms with Crippen molar-refractivity contribution < 1.29 is 9.53 Å². The van der Waals surface area contributed by atoms with Crippen molar-refractivity contribution in [2.75, 3.05) is 17.7 Å². The van der Waals surface area contributed by atoms with E-state index in [9.17, 15) is 4.79 Å². The molecule has 0 radical (unpaired) electrons. The molecule has 0 aliphatic rings. The number of anilines is 2. The summed E-state index contributed by atoms with van der Waals surface area (Å²) in [4.78, 5) is 21.0. The van der Waals surface area contributed by atoms with Gasteiger partial charge in [-0.25, -0.2) is 9.97 Å². The minimum atomic E-state index is -0.378. The second-order valence-corrected chi connectivity index (χ2v) is 6.34. The molecule has 3 rings (SSSR count). The number of aromatic nitrogens is 2. The number of benzene rings is 2. The highest BCUT2D eigenvalue weighted by Crippen LogP contribution is 2.28. The van der Waals surface area contributed by atoms with Crippen molar-refractivity contribution in [3.05, 3.63) is 76.6 Å². The van der Waals surface area contributed by atoms with Crippen LogP contribution in [0.25, 0.3) is 0 Å². The molecule has 1 aromatic heterocycles. The second kappa shape index (κ2) is 8.51. The Labute approximate surface area is 162 Å². The molecule has 0 spiro atoms. The lowest BCUT2D eigenvalue weighted by Crippen LogP contribution is -2.16. The van der Waals surface area contributed by atoms with E-state index in [-0.39, 0.29) is 11.6 Å². The minimum Gasteiger partial charge on any atom is -0.495 e. The van der Waals surface area contributed by atoms with Crippen molar-refractivity contribution >= 4 is 29.1 Å². The molecular weight excluding hydrogens is 364 g/mol. The molecule has 138 valence electrons. The summed E-state index contributed by atoms with van der Waals surface area (Å²) >= 11 is 6.00. The summed E-state index contributed by atoms with van der Waals surface area (Å²) in [5.41, 5.74) is 3.01. The lowest BCUT2D eigenvalue weighted by atomic mass is 10.1. The van der Waals surface area contributed by atoms with Gasteiger partial charge in [-0.05, 0) is 36.8 Å². The van der Waals surface area contributed by atoms with Crippen molar-refractivity contribution in [3.63, 3.8) is 0 Å². The number of hydrogen-bond donors (Lipinski definition) is 2. The Morgan fingerprint density at radius 1 is 1.15 bits per heavy atom. The molecule has 0 fully saturated rings. The Morgan fingerprint density at radius 2 is 1.93 bits per heavy atom. The van der Waals surface area contributed by atoms with E-state index in [0.29, 0.717) is 29.0 Å². The summed E-state index contributed by atoms with van der Waals surface area (Å²) in [6, 6.07) is 14.7. The third kappa shape index (κ3) is 4.95. The quantitative estimate of drug-likeness (QED) is 0.664. The first-order valence-corrected chi connectivity index (χ1v) is 8.70. The lowest BCUT2D eigenvalue weighted by molar-refractivity contribution is 0.102. The molecule has 2 aromatic carbocycles. The molecule has 0 aliphatic heterocycles. The Bertz CT molecular complexity index is 945. The van der Waals surface area contributed by atoms with Gasteiger partial charge in [0.15, 0.2) is 0 Å². The molecule has 3 aromatic rings. The number of nitrogens with one attached hydrogen (secondary N) is 2. The Morgan fingerprint density at radius 3 is 2.67 bits per heavy atom. The van der Waals surface area contributed by atoms with Crippen LogP contribution in [0.5, 0.6) is 5.75 Å². The Balaban J connectivity index is 1.70. The number of rotatable bonds is 6. The zero-order valence-electron chi connectivity index (χ0n) is 15.0. The third-order valence-corrected chi connectivity index (χ3v) is 4.10. The number of methoxy groups -OCH3 is 1. The number of hydrogen-bond acceptors (Lipinski definition) is 5. The zero-order valence-corrected chi connectivity index (χ0v) is 15.7. The average Bonchev–Trinajstić information content (AvgIpc) is 2.68. The van der Waals surface area contributed by atoms with Gasteiger partial charge in [-0.1, -0.05) is 41.4 Å². The fourth-order valence-electron chi connectivity index (χ4n) is 2.42. The molecule has 0 bridgehead atoms. The van der Waals surface area contributed by atoms with Crippen LogP contribution in [0.15, 0.2) is 54.7 Å². The van der Waals surface area contributed by atoms with Crippen molar-refractivity contribution in [1.29, 1.82) is 0 Å². The van der Waals surface area contributed by atoms with Crippen LogP contribution in [0.3, 0.4) is 0 Å². The number of halogens is 1. The molecule has 0 saturated heterocycles. The molecule has 6 nitrogen and oxygen atoms in total. The summed E-state index contributed by atoms with van der Waals surface area (Å²) in [5, 5.41) is 6.38. The SMILES string of the molecule is COc1ccc(Cl)cc1NC(=O)c1ccnc(NCc2ccc(C)cc2)n1. The van der Waals surface area contributed by atoms with Gasteiger partial charge in [-0.2, -0.15) is 0 Å². The van der Waals surface area contributed by atoms with E-state index >= 15 is 0 Å². The molecule has 27 heavy (non-hydrogen) atoms. The van der Waals surface area contributed by atoms with Crippen molar-refractivity contribution in [2.45, 2.75) is 13.5 Å². The van der Waals surface area contributed by atoms with E-state index < -0.39 is 0 Å². The highest BCUT2D eigenvalue weighted by Gasteiger charge is 2.12. The van der Waals surface area contributed by atoms with Crippen molar-refractivity contribution in [1.82, 2.24) is 9.97 Å². The maximum atomic E-state index is 12.5. The molecule has 0 unspecified atom stereocenters. The topological polar surface area (TPSA) is 76.1 Å². The molecular formula is C20H19ClN4O2. The normalized spacial score (nSPS) is 10.3. The van der Waals surface area contributed by atoms with Crippen molar-refractivity contribution in [2.24, 2.45) is 0 Å². The summed E-state index contributed by atoms with van der Waals surface area (Å²) in [5.74, 6) is 0.511. The zero-order chi connectivity index (χ0) is 19.2. The predicted molar refractivity (Wildman–Crippen MR) is 106 cm³/mol. The first kappa shape index (κ1) is 18.7. The number of nitrogens with zero attached hydrogens (tertiary/aromatic N) is 2. The van der Waals surface area contributed by atoms with E-state index in [1.165, 1.54) is 18.9 Å². The number of ether oxygens (including phenoxy) is 1. The van der Waals surface area contributed by atoms with Gasteiger partial charge >= 0.3 is 0 Å². The van der Waals surface area contributed by atoms with Gasteiger partial charge in [0, 0.05) is 17.8 Å². The fraction of sp³-hybridized carbons (Fsp3) is 0.150. The molecule has 0 atom stereocenters. The minimum absolute atomic E-state index is 0.235. The highest BCUT2D eigenvalue weighted by molar-refractivity contribution is 6.31. The monoisotopic (exact) mass is 382 g/mol. The molecule has 1 heterocycles. The summed E-state index contributed by atoms with van der Waals surface area (Å²) in [6.07, 6.45) is 1.54. The van der Waals surface area contributed by atoms with Crippen LogP contribution in [0.4, 0.5) is 11.6 Å². The molecule has 0 aliphatic carbocycles. The van der Waals surface area contributed by atoms with Gasteiger partial charge in [0.05, 0.1) is 12.8 Å². The van der Waals surface area contributed by atoms with Crippen LogP contribution < -0.4 is 15.4 Å². The van der Waals surface area contributed by atoms with Crippen LogP contribution in [-0.2, 0) is 6.54 Å². The average molecular weight is 383 g/mol. The Kier molecular flexibility index (Phi) is 5.88. The molecule has 2 N–H and O–H groups in total. The molecule has 7 heteroatoms. The van der Waals surface area contributed by atoms with Crippen LogP contribution >= 0.6 is 11.6 Å². The fourth-order valence-corrected chi connectivity index (χ4v) is 2.59. The van der Waals surface area contributed by atoms with E-state index in [1.807, 2.05) is 31.2 Å². The number of carbonyl (C=O) groups is 1. The smallest absolute Gasteiger partial charge is 0.274 e. The Hall–Kier alpha value is -3.12. The number of carbonyl (C=O) groups excluding carboxylic acids is 1. The van der Waals surface area contributed by atoms with E-state index in [1.54, 1.807) is 24.3 Å². The molecule has 1 amide bonds. The second-order valence-electron chi connectivity index (χ2n) is 5.90. The van der Waals surface area contributed by atoms with Gasteiger partial charge in [-0.3, -0.25) is 4.79 Å². The van der Waals surface area contributed by atoms with E-state index in [4.69, 9.17) is 16.3 Å². The predicted octanol–water partition coefficient (Wildman–Crippen LogP) is 4.31. The standard InChI is InChI=1S/C20H19ClN4O2/c1-13-3-5-14(6-4-13)12-23-20-22-10-9-16(25-20)19(26)24-17-11-15(21)7-8-18(17)27-2/h3-11H,12H2,1-2H3,(H,24,26)(H,22,23,25). The van der Waals surface area contributed by atoms with Crippen LogP contribution in [0.2, 0.25) is 5.02 Å². The summed E-state index contributed by atoms with van der Waals surface area (Å²) in [6.45, 7) is 2.60. The summed E-state index contributed by atoms with van der Waals surface area (Å²) in [7, 11) is 1.52. The maximum absolute atomic E-state index is 12.5. The molecule has 0 saturated carbocycles. The van der Waals surface area contributed by atoms with Gasteiger partial charge in [0.2, 0.25) is 5.95 Å².